The van der Waals surface area contributed by atoms with E-state index < -0.39 is 67.1 Å². The average Bonchev–Trinajstić information content (AvgIpc) is 3.45. The zero-order chi connectivity index (χ0) is 40.3. The highest BCUT2D eigenvalue weighted by molar-refractivity contribution is 5.76. The van der Waals surface area contributed by atoms with Crippen LogP contribution in [0.2, 0.25) is 0 Å². The molecule has 0 unspecified atom stereocenters. The zero-order valence-corrected chi connectivity index (χ0v) is 34.2. The molecule has 2 aliphatic heterocycles. The Kier molecular flexibility index (Phi) is 21.3. The third-order valence-electron chi connectivity index (χ3n) is 11.6. The Morgan fingerprint density at radius 2 is 0.821 bits per heavy atom. The van der Waals surface area contributed by atoms with Crippen molar-refractivity contribution in [1.82, 2.24) is 9.13 Å². The summed E-state index contributed by atoms with van der Waals surface area (Å²) in [6, 6.07) is 7.01. The summed E-state index contributed by atoms with van der Waals surface area (Å²) in [5.74, 6) is 0. The van der Waals surface area contributed by atoms with Gasteiger partial charge in [-0.2, -0.15) is 0 Å². The molecule has 2 aromatic rings. The van der Waals surface area contributed by atoms with Crippen LogP contribution in [0.5, 0.6) is 0 Å². The standard InChI is InChI=1S/C43H74N2O11/c1-3-5-7-9-11-13-15-17-19-23-27-53-39-35(46)33(55-41(50)37(39)48)29-44-31-25-21-22-26-32(31)45(43(44)52)30-34-36(47)40(38(49)42(51)56-34)54-28-24-20-18-16-14-12-10-8-6-4-2/h21-22,25-26,33-42,46-51H,3-20,23-24,27-30H2,1-2H3/t33-,34-,35-,36-,37-,38-,39+,40+,41-,42+/m1/s1. The van der Waals surface area contributed by atoms with Crippen LogP contribution >= 0.6 is 0 Å². The predicted octanol–water partition coefficient (Wildman–Crippen LogP) is 5.29. The van der Waals surface area contributed by atoms with Crippen LogP contribution in [-0.2, 0) is 32.0 Å². The lowest BCUT2D eigenvalue weighted by atomic mass is 9.98. The second kappa shape index (κ2) is 25.5. The summed E-state index contributed by atoms with van der Waals surface area (Å²) in [5.41, 5.74) is 0.525. The molecular weight excluding hydrogens is 720 g/mol. The van der Waals surface area contributed by atoms with Crippen LogP contribution < -0.4 is 5.69 Å². The summed E-state index contributed by atoms with van der Waals surface area (Å²) in [6.45, 7) is 4.74. The molecule has 322 valence electrons. The number of hydrogen-bond acceptors (Lipinski definition) is 11. The number of hydrogen-bond donors (Lipinski definition) is 6. The van der Waals surface area contributed by atoms with E-state index in [0.29, 0.717) is 24.2 Å². The first-order valence-electron chi connectivity index (χ1n) is 22.0. The molecule has 0 saturated carbocycles. The zero-order valence-electron chi connectivity index (χ0n) is 34.2. The molecule has 13 nitrogen and oxygen atoms in total. The molecule has 2 fully saturated rings. The van der Waals surface area contributed by atoms with Gasteiger partial charge in [0.25, 0.3) is 0 Å². The molecule has 13 heteroatoms. The molecule has 3 heterocycles. The molecule has 2 aliphatic rings. The normalized spacial score (nSPS) is 28.4. The molecular formula is C43H74N2O11. The van der Waals surface area contributed by atoms with Gasteiger partial charge in [-0.15, -0.1) is 0 Å². The van der Waals surface area contributed by atoms with Crippen LogP contribution in [-0.4, -0.2) is 114 Å². The van der Waals surface area contributed by atoms with Crippen molar-refractivity contribution in [2.75, 3.05) is 13.2 Å². The summed E-state index contributed by atoms with van der Waals surface area (Å²) in [7, 11) is 0. The van der Waals surface area contributed by atoms with Gasteiger partial charge in [-0.3, -0.25) is 9.13 Å². The Morgan fingerprint density at radius 1 is 0.500 bits per heavy atom. The highest BCUT2D eigenvalue weighted by Crippen LogP contribution is 2.28. The fraction of sp³-hybridized carbons (Fsp3) is 0.837. The van der Waals surface area contributed by atoms with Crippen molar-refractivity contribution in [2.24, 2.45) is 0 Å². The van der Waals surface area contributed by atoms with Crippen LogP contribution in [0.3, 0.4) is 0 Å². The first-order chi connectivity index (χ1) is 27.2. The molecule has 0 bridgehead atoms. The van der Waals surface area contributed by atoms with Gasteiger partial charge in [0, 0.05) is 13.2 Å². The molecule has 0 spiro atoms. The van der Waals surface area contributed by atoms with Crippen LogP contribution in [0.15, 0.2) is 29.1 Å². The van der Waals surface area contributed by atoms with E-state index in [9.17, 15) is 35.4 Å². The number of nitrogens with zero attached hydrogens (tertiary/aromatic N) is 2. The molecule has 0 aliphatic carbocycles. The molecule has 6 N–H and O–H groups in total. The Hall–Kier alpha value is -1.91. The second-order valence-corrected chi connectivity index (χ2v) is 16.1. The lowest BCUT2D eigenvalue weighted by molar-refractivity contribution is -0.292. The smallest absolute Gasteiger partial charge is 0.329 e. The first kappa shape index (κ1) is 46.8. The van der Waals surface area contributed by atoms with Crippen LogP contribution in [0.25, 0.3) is 11.0 Å². The number of imidazole rings is 1. The van der Waals surface area contributed by atoms with Crippen molar-refractivity contribution in [2.45, 2.75) is 217 Å². The number of aromatic nitrogens is 2. The SMILES string of the molecule is CCCCCCCCCCCCO[C@@H]1[C@@H](O)[C@H](O)O[C@H](Cn2c(=O)n(C[C@H]3O[C@H](O)[C@H](O)[C@@H](OCCCCCCCCCCCC)[C@@H]3O)c3ccccc32)[C@H]1O. The van der Waals surface area contributed by atoms with Gasteiger partial charge in [-0.05, 0) is 25.0 Å². The number of para-hydroxylation sites is 2. The van der Waals surface area contributed by atoms with E-state index in [2.05, 4.69) is 13.8 Å². The van der Waals surface area contributed by atoms with Crippen molar-refractivity contribution in [3.05, 3.63) is 34.7 Å². The number of benzene rings is 1. The van der Waals surface area contributed by atoms with E-state index in [1.54, 1.807) is 24.3 Å². The van der Waals surface area contributed by atoms with Gasteiger partial charge < -0.3 is 49.6 Å². The number of ether oxygens (including phenoxy) is 4. The first-order valence-corrected chi connectivity index (χ1v) is 22.0. The highest BCUT2D eigenvalue weighted by atomic mass is 16.7. The number of aliphatic hydroxyl groups is 6. The minimum absolute atomic E-state index is 0.157. The Balaban J connectivity index is 1.31. The Morgan fingerprint density at radius 3 is 1.16 bits per heavy atom. The van der Waals surface area contributed by atoms with E-state index >= 15 is 0 Å². The Bertz CT molecular complexity index is 1300. The summed E-state index contributed by atoms with van der Waals surface area (Å²) in [6.07, 6.45) is 9.95. The maximum Gasteiger partial charge on any atom is 0.329 e. The fourth-order valence-corrected chi connectivity index (χ4v) is 8.13. The molecule has 10 atom stereocenters. The molecule has 56 heavy (non-hydrogen) atoms. The van der Waals surface area contributed by atoms with Gasteiger partial charge >= 0.3 is 5.69 Å². The highest BCUT2D eigenvalue weighted by Gasteiger charge is 2.46. The van der Waals surface area contributed by atoms with Crippen molar-refractivity contribution < 1.29 is 49.6 Å². The molecule has 4 rings (SSSR count). The number of unbranched alkanes of at least 4 members (excludes halogenated alkanes) is 18. The summed E-state index contributed by atoms with van der Waals surface area (Å²) < 4.78 is 25.9. The lowest BCUT2D eigenvalue weighted by Crippen LogP contribution is -2.60. The molecule has 0 radical (unpaired) electrons. The van der Waals surface area contributed by atoms with Crippen molar-refractivity contribution in [3.8, 4) is 0 Å². The summed E-state index contributed by atoms with van der Waals surface area (Å²) >= 11 is 0. The average molecular weight is 795 g/mol. The van der Waals surface area contributed by atoms with Gasteiger partial charge in [-0.1, -0.05) is 142 Å². The number of fused-ring (bicyclic) bond motifs is 1. The molecule has 1 aromatic carbocycles. The maximum absolute atomic E-state index is 14.0. The van der Waals surface area contributed by atoms with E-state index in [4.69, 9.17) is 18.9 Å². The summed E-state index contributed by atoms with van der Waals surface area (Å²) in [5, 5.41) is 65.2. The van der Waals surface area contributed by atoms with Crippen molar-refractivity contribution in [1.29, 1.82) is 0 Å². The van der Waals surface area contributed by atoms with Crippen molar-refractivity contribution in [3.63, 3.8) is 0 Å². The molecule has 1 aromatic heterocycles. The maximum atomic E-state index is 14.0. The minimum Gasteiger partial charge on any atom is -0.388 e. The van der Waals surface area contributed by atoms with E-state index in [-0.39, 0.29) is 13.1 Å². The minimum atomic E-state index is -1.62. The molecule has 2 saturated heterocycles. The van der Waals surface area contributed by atoms with Crippen molar-refractivity contribution >= 4 is 11.0 Å². The quantitative estimate of drug-likeness (QED) is 0.0615. The van der Waals surface area contributed by atoms with Crippen LogP contribution in [0, 0.1) is 0 Å². The number of aliphatic hydroxyl groups excluding tert-OH is 6. The van der Waals surface area contributed by atoms with Gasteiger partial charge in [-0.25, -0.2) is 4.79 Å². The molecule has 0 amide bonds. The van der Waals surface area contributed by atoms with E-state index in [0.717, 1.165) is 38.5 Å². The van der Waals surface area contributed by atoms with Crippen LogP contribution in [0.1, 0.15) is 142 Å². The number of rotatable bonds is 28. The predicted molar refractivity (Wildman–Crippen MR) is 215 cm³/mol. The monoisotopic (exact) mass is 795 g/mol. The lowest BCUT2D eigenvalue weighted by Gasteiger charge is -2.40. The fourth-order valence-electron chi connectivity index (χ4n) is 8.13. The van der Waals surface area contributed by atoms with Gasteiger partial charge in [0.1, 0.15) is 48.8 Å². The van der Waals surface area contributed by atoms with Gasteiger partial charge in [0.05, 0.1) is 24.1 Å². The largest absolute Gasteiger partial charge is 0.388 e. The second-order valence-electron chi connectivity index (χ2n) is 16.1. The van der Waals surface area contributed by atoms with Gasteiger partial charge in [0.2, 0.25) is 0 Å². The third-order valence-corrected chi connectivity index (χ3v) is 11.6. The topological polar surface area (TPSA) is 185 Å². The van der Waals surface area contributed by atoms with Gasteiger partial charge in [0.15, 0.2) is 12.6 Å². The van der Waals surface area contributed by atoms with E-state index in [1.807, 2.05) is 0 Å². The van der Waals surface area contributed by atoms with Crippen LogP contribution in [0.4, 0.5) is 0 Å². The Labute approximate surface area is 333 Å². The third kappa shape index (κ3) is 13.8. The van der Waals surface area contributed by atoms with E-state index in [1.165, 1.54) is 99.0 Å². The summed E-state index contributed by atoms with van der Waals surface area (Å²) in [4.78, 5) is 14.0.